The molecular weight excluding hydrogens is 456 g/mol. The van der Waals surface area contributed by atoms with Crippen molar-refractivity contribution in [2.45, 2.75) is 13.0 Å². The molecule has 0 atom stereocenters. The van der Waals surface area contributed by atoms with E-state index in [1.165, 1.54) is 17.7 Å². The minimum Gasteiger partial charge on any atom is -0.356 e. The standard InChI is InChI=1S/C20H22FN5.HI/c1-22-20(24-15-17-4-2-5-18(21)14-17)23-12-10-16-6-8-19(9-7-16)26-13-3-11-25-26;/h2-9,11,13-14H,10,12,15H2,1H3,(H2,22,23,24);1H. The first kappa shape index (κ1) is 20.9. The second-order valence-corrected chi connectivity index (χ2v) is 5.85. The van der Waals surface area contributed by atoms with E-state index in [1.54, 1.807) is 19.3 Å². The van der Waals surface area contributed by atoms with Gasteiger partial charge in [0.2, 0.25) is 0 Å². The van der Waals surface area contributed by atoms with Crippen LogP contribution in [-0.2, 0) is 13.0 Å². The Hall–Kier alpha value is -2.42. The van der Waals surface area contributed by atoms with Gasteiger partial charge in [-0.3, -0.25) is 4.99 Å². The van der Waals surface area contributed by atoms with E-state index in [1.807, 2.05) is 23.0 Å². The minimum atomic E-state index is -0.231. The molecule has 0 aliphatic rings. The third kappa shape index (κ3) is 6.35. The van der Waals surface area contributed by atoms with Crippen molar-refractivity contribution in [2.24, 2.45) is 4.99 Å². The lowest BCUT2D eigenvalue weighted by atomic mass is 10.1. The highest BCUT2D eigenvalue weighted by molar-refractivity contribution is 14.0. The van der Waals surface area contributed by atoms with Gasteiger partial charge in [0.15, 0.2) is 5.96 Å². The molecular formula is C20H23FIN5. The number of hydrogen-bond acceptors (Lipinski definition) is 2. The number of rotatable bonds is 6. The van der Waals surface area contributed by atoms with Crippen LogP contribution < -0.4 is 10.6 Å². The highest BCUT2D eigenvalue weighted by Gasteiger charge is 2.01. The maximum Gasteiger partial charge on any atom is 0.191 e. The molecule has 0 unspecified atom stereocenters. The van der Waals surface area contributed by atoms with Gasteiger partial charge in [-0.05, 0) is 47.9 Å². The van der Waals surface area contributed by atoms with Crippen molar-refractivity contribution in [3.63, 3.8) is 0 Å². The van der Waals surface area contributed by atoms with E-state index in [2.05, 4.69) is 45.0 Å². The predicted molar refractivity (Wildman–Crippen MR) is 117 cm³/mol. The van der Waals surface area contributed by atoms with Gasteiger partial charge in [0, 0.05) is 32.5 Å². The summed E-state index contributed by atoms with van der Waals surface area (Å²) < 4.78 is 15.0. The average molecular weight is 479 g/mol. The number of aliphatic imine (C=N–C) groups is 1. The molecule has 0 bridgehead atoms. The van der Waals surface area contributed by atoms with Crippen LogP contribution in [-0.4, -0.2) is 29.3 Å². The van der Waals surface area contributed by atoms with Gasteiger partial charge in [-0.25, -0.2) is 9.07 Å². The lowest BCUT2D eigenvalue weighted by Gasteiger charge is -2.12. The van der Waals surface area contributed by atoms with Gasteiger partial charge < -0.3 is 10.6 Å². The first-order valence-corrected chi connectivity index (χ1v) is 8.52. The van der Waals surface area contributed by atoms with Crippen LogP contribution in [0.4, 0.5) is 4.39 Å². The summed E-state index contributed by atoms with van der Waals surface area (Å²) in [5, 5.41) is 10.7. The normalized spacial score (nSPS) is 11.0. The van der Waals surface area contributed by atoms with E-state index in [9.17, 15) is 4.39 Å². The molecule has 1 heterocycles. The van der Waals surface area contributed by atoms with Crippen LogP contribution >= 0.6 is 24.0 Å². The van der Waals surface area contributed by atoms with Crippen LogP contribution in [0.1, 0.15) is 11.1 Å². The van der Waals surface area contributed by atoms with Gasteiger partial charge >= 0.3 is 0 Å². The van der Waals surface area contributed by atoms with Crippen LogP contribution in [0.25, 0.3) is 5.69 Å². The van der Waals surface area contributed by atoms with E-state index in [0.717, 1.165) is 24.2 Å². The summed E-state index contributed by atoms with van der Waals surface area (Å²) in [7, 11) is 1.72. The predicted octanol–water partition coefficient (Wildman–Crippen LogP) is 3.54. The summed E-state index contributed by atoms with van der Waals surface area (Å²) >= 11 is 0. The van der Waals surface area contributed by atoms with Gasteiger partial charge in [-0.15, -0.1) is 24.0 Å². The maximum absolute atomic E-state index is 13.2. The summed E-state index contributed by atoms with van der Waals surface area (Å²) in [6.45, 7) is 1.28. The molecule has 5 nitrogen and oxygen atoms in total. The molecule has 2 aromatic carbocycles. The molecule has 0 spiro atoms. The second kappa shape index (κ2) is 10.7. The Bertz CT molecular complexity index is 847. The van der Waals surface area contributed by atoms with Gasteiger partial charge in [0.1, 0.15) is 5.82 Å². The summed E-state index contributed by atoms with van der Waals surface area (Å²) in [4.78, 5) is 4.19. The Labute approximate surface area is 175 Å². The first-order chi connectivity index (χ1) is 12.7. The molecule has 3 rings (SSSR count). The number of halogens is 2. The highest BCUT2D eigenvalue weighted by Crippen LogP contribution is 2.09. The Morgan fingerprint density at radius 2 is 1.89 bits per heavy atom. The Kier molecular flexibility index (Phi) is 8.25. The van der Waals surface area contributed by atoms with Gasteiger partial charge in [-0.1, -0.05) is 24.3 Å². The molecule has 3 aromatic rings. The maximum atomic E-state index is 13.2. The van der Waals surface area contributed by atoms with E-state index in [4.69, 9.17) is 0 Å². The lowest BCUT2D eigenvalue weighted by molar-refractivity contribution is 0.624. The van der Waals surface area contributed by atoms with Crippen molar-refractivity contribution < 1.29 is 4.39 Å². The second-order valence-electron chi connectivity index (χ2n) is 5.85. The van der Waals surface area contributed by atoms with E-state index in [-0.39, 0.29) is 29.8 Å². The summed E-state index contributed by atoms with van der Waals surface area (Å²) in [6.07, 6.45) is 4.56. The molecule has 0 aliphatic heterocycles. The van der Waals surface area contributed by atoms with Gasteiger partial charge in [0.25, 0.3) is 0 Å². The zero-order valence-corrected chi connectivity index (χ0v) is 17.4. The van der Waals surface area contributed by atoms with Crippen LogP contribution in [0.5, 0.6) is 0 Å². The van der Waals surface area contributed by atoms with Crippen molar-refractivity contribution in [3.8, 4) is 5.69 Å². The molecule has 142 valence electrons. The third-order valence-electron chi connectivity index (χ3n) is 3.98. The largest absolute Gasteiger partial charge is 0.356 e. The number of aromatic nitrogens is 2. The van der Waals surface area contributed by atoms with E-state index >= 15 is 0 Å². The van der Waals surface area contributed by atoms with Crippen molar-refractivity contribution in [2.75, 3.05) is 13.6 Å². The Morgan fingerprint density at radius 3 is 2.56 bits per heavy atom. The molecule has 7 heteroatoms. The van der Waals surface area contributed by atoms with Gasteiger partial charge in [-0.2, -0.15) is 5.10 Å². The van der Waals surface area contributed by atoms with Crippen LogP contribution in [0.15, 0.2) is 72.0 Å². The number of nitrogens with zero attached hydrogens (tertiary/aromatic N) is 3. The van der Waals surface area contributed by atoms with E-state index in [0.29, 0.717) is 12.5 Å². The average Bonchev–Trinajstić information content (AvgIpc) is 3.20. The fourth-order valence-electron chi connectivity index (χ4n) is 2.62. The van der Waals surface area contributed by atoms with Crippen molar-refractivity contribution in [1.29, 1.82) is 0 Å². The fraction of sp³-hybridized carbons (Fsp3) is 0.200. The number of guanidine groups is 1. The van der Waals surface area contributed by atoms with Crippen molar-refractivity contribution in [1.82, 2.24) is 20.4 Å². The fourth-order valence-corrected chi connectivity index (χ4v) is 2.62. The molecule has 2 N–H and O–H groups in total. The summed E-state index contributed by atoms with van der Waals surface area (Å²) in [6, 6.07) is 16.7. The molecule has 0 saturated carbocycles. The molecule has 0 amide bonds. The van der Waals surface area contributed by atoms with Gasteiger partial charge in [0.05, 0.1) is 5.69 Å². The first-order valence-electron chi connectivity index (χ1n) is 8.52. The molecule has 27 heavy (non-hydrogen) atoms. The molecule has 0 saturated heterocycles. The monoisotopic (exact) mass is 479 g/mol. The van der Waals surface area contributed by atoms with Crippen molar-refractivity contribution in [3.05, 3.63) is 83.9 Å². The topological polar surface area (TPSA) is 54.2 Å². The van der Waals surface area contributed by atoms with Crippen molar-refractivity contribution >= 4 is 29.9 Å². The molecule has 0 radical (unpaired) electrons. The molecule has 0 aliphatic carbocycles. The number of benzene rings is 2. The number of nitrogens with one attached hydrogen (secondary N) is 2. The smallest absolute Gasteiger partial charge is 0.191 e. The van der Waals surface area contributed by atoms with E-state index < -0.39 is 0 Å². The zero-order valence-electron chi connectivity index (χ0n) is 15.1. The highest BCUT2D eigenvalue weighted by atomic mass is 127. The Morgan fingerprint density at radius 1 is 1.07 bits per heavy atom. The third-order valence-corrected chi connectivity index (χ3v) is 3.98. The SMILES string of the molecule is CN=C(NCCc1ccc(-n2cccn2)cc1)NCc1cccc(F)c1.I. The quantitative estimate of drug-likeness (QED) is 0.323. The van der Waals surface area contributed by atoms with Crippen LogP contribution in [0.2, 0.25) is 0 Å². The van der Waals surface area contributed by atoms with Crippen LogP contribution in [0, 0.1) is 5.82 Å². The zero-order chi connectivity index (χ0) is 18.2. The Balaban J connectivity index is 0.00000261. The molecule has 1 aromatic heterocycles. The lowest BCUT2D eigenvalue weighted by Crippen LogP contribution is -2.37. The van der Waals surface area contributed by atoms with Crippen LogP contribution in [0.3, 0.4) is 0 Å². The minimum absolute atomic E-state index is 0. The number of hydrogen-bond donors (Lipinski definition) is 2. The molecule has 0 fully saturated rings. The summed E-state index contributed by atoms with van der Waals surface area (Å²) in [5.41, 5.74) is 3.15. The summed E-state index contributed by atoms with van der Waals surface area (Å²) in [5.74, 6) is 0.466.